The zero-order chi connectivity index (χ0) is 10.7. The Bertz CT molecular complexity index is 473. The van der Waals surface area contributed by atoms with Gasteiger partial charge >= 0.3 is 0 Å². The van der Waals surface area contributed by atoms with E-state index in [1.165, 1.54) is 17.5 Å². The summed E-state index contributed by atoms with van der Waals surface area (Å²) in [7, 11) is 0. The molecule has 6 heteroatoms. The molecule has 0 spiro atoms. The van der Waals surface area contributed by atoms with Crippen LogP contribution >= 0.6 is 22.9 Å². The number of nitrogens with one attached hydrogen (secondary N) is 1. The van der Waals surface area contributed by atoms with E-state index in [9.17, 15) is 4.79 Å². The average molecular weight is 256 g/mol. The van der Waals surface area contributed by atoms with Gasteiger partial charge in [-0.2, -0.15) is 0 Å². The molecule has 2 rings (SSSR count). The van der Waals surface area contributed by atoms with Crippen molar-refractivity contribution < 1.29 is 4.79 Å². The van der Waals surface area contributed by atoms with Gasteiger partial charge in [-0.05, 0) is 12.1 Å². The average Bonchev–Trinajstić information content (AvgIpc) is 2.74. The lowest BCUT2D eigenvalue weighted by Gasteiger charge is -2.04. The maximum atomic E-state index is 11.6. The number of amides is 1. The largest absolute Gasteiger partial charge is 0.344 e. The number of anilines is 1. The molecule has 0 fully saturated rings. The van der Waals surface area contributed by atoms with E-state index >= 15 is 0 Å². The molecule has 0 atom stereocenters. The van der Waals surface area contributed by atoms with Gasteiger partial charge in [0.2, 0.25) is 0 Å². The standard InChI is InChI=1S/C10H7ClN2OS.H3N/c11-7-3-1-2-4-8(7)13-10(14)9-5-12-6-15-9;/h1-6H,(H,13,14);1H3. The van der Waals surface area contributed by atoms with E-state index in [0.29, 0.717) is 15.6 Å². The summed E-state index contributed by atoms with van der Waals surface area (Å²) in [6.07, 6.45) is 1.52. The maximum absolute atomic E-state index is 11.6. The molecule has 4 N–H and O–H groups in total. The fraction of sp³-hybridized carbons (Fsp3) is 0. The third-order valence-electron chi connectivity index (χ3n) is 1.78. The zero-order valence-electron chi connectivity index (χ0n) is 8.31. The van der Waals surface area contributed by atoms with Crippen molar-refractivity contribution >= 4 is 34.5 Å². The lowest BCUT2D eigenvalue weighted by molar-refractivity contribution is 0.103. The third-order valence-corrected chi connectivity index (χ3v) is 2.88. The topological polar surface area (TPSA) is 77.0 Å². The molecular weight excluding hydrogens is 246 g/mol. The molecule has 0 saturated heterocycles. The van der Waals surface area contributed by atoms with E-state index in [0.717, 1.165) is 0 Å². The van der Waals surface area contributed by atoms with Crippen molar-refractivity contribution in [3.8, 4) is 0 Å². The van der Waals surface area contributed by atoms with Crippen LogP contribution in [0.15, 0.2) is 36.0 Å². The van der Waals surface area contributed by atoms with Gasteiger partial charge in [0, 0.05) is 0 Å². The van der Waals surface area contributed by atoms with Crippen LogP contribution in [0.3, 0.4) is 0 Å². The van der Waals surface area contributed by atoms with E-state index in [-0.39, 0.29) is 12.1 Å². The van der Waals surface area contributed by atoms with Crippen molar-refractivity contribution in [3.63, 3.8) is 0 Å². The Morgan fingerprint density at radius 1 is 1.38 bits per heavy atom. The Balaban J connectivity index is 0.00000128. The van der Waals surface area contributed by atoms with Crippen LogP contribution in [0.2, 0.25) is 5.02 Å². The molecule has 84 valence electrons. The number of nitrogens with zero attached hydrogens (tertiary/aromatic N) is 1. The molecule has 0 saturated carbocycles. The van der Waals surface area contributed by atoms with Gasteiger partial charge in [0.25, 0.3) is 5.91 Å². The van der Waals surface area contributed by atoms with Gasteiger partial charge in [-0.15, -0.1) is 11.3 Å². The second kappa shape index (κ2) is 5.60. The molecule has 4 nitrogen and oxygen atoms in total. The first-order valence-corrected chi connectivity index (χ1v) is 5.47. The number of hydrogen-bond acceptors (Lipinski definition) is 4. The molecule has 16 heavy (non-hydrogen) atoms. The summed E-state index contributed by atoms with van der Waals surface area (Å²) in [6, 6.07) is 7.10. The Kier molecular flexibility index (Phi) is 4.42. The fourth-order valence-corrected chi connectivity index (χ4v) is 1.77. The Morgan fingerprint density at radius 3 is 2.75 bits per heavy atom. The number of carbonyl (C=O) groups is 1. The van der Waals surface area contributed by atoms with E-state index in [1.54, 1.807) is 17.6 Å². The highest BCUT2D eigenvalue weighted by Crippen LogP contribution is 2.21. The van der Waals surface area contributed by atoms with Crippen molar-refractivity contribution in [2.75, 3.05) is 5.32 Å². The summed E-state index contributed by atoms with van der Waals surface area (Å²) < 4.78 is 0. The lowest BCUT2D eigenvalue weighted by Crippen LogP contribution is -2.10. The quantitative estimate of drug-likeness (QED) is 0.865. The normalized spacial score (nSPS) is 9.31. The van der Waals surface area contributed by atoms with Gasteiger partial charge in [-0.25, -0.2) is 0 Å². The van der Waals surface area contributed by atoms with Crippen LogP contribution in [0.5, 0.6) is 0 Å². The SMILES string of the molecule is N.O=C(Nc1ccccc1Cl)c1cncs1. The van der Waals surface area contributed by atoms with Crippen LogP contribution in [-0.2, 0) is 0 Å². The van der Waals surface area contributed by atoms with Gasteiger partial charge in [0.1, 0.15) is 4.88 Å². The van der Waals surface area contributed by atoms with E-state index < -0.39 is 0 Å². The molecule has 1 heterocycles. The van der Waals surface area contributed by atoms with Crippen molar-refractivity contribution in [2.24, 2.45) is 0 Å². The molecule has 0 aliphatic heterocycles. The Morgan fingerprint density at radius 2 is 2.12 bits per heavy atom. The second-order valence-corrected chi connectivity index (χ2v) is 4.09. The van der Waals surface area contributed by atoms with Crippen molar-refractivity contribution in [3.05, 3.63) is 45.9 Å². The van der Waals surface area contributed by atoms with E-state index in [4.69, 9.17) is 11.6 Å². The van der Waals surface area contributed by atoms with E-state index in [1.807, 2.05) is 12.1 Å². The van der Waals surface area contributed by atoms with Crippen LogP contribution < -0.4 is 11.5 Å². The van der Waals surface area contributed by atoms with Gasteiger partial charge in [-0.1, -0.05) is 23.7 Å². The first-order chi connectivity index (χ1) is 7.27. The first-order valence-electron chi connectivity index (χ1n) is 4.22. The first kappa shape index (κ1) is 12.6. The molecule has 1 aromatic heterocycles. The monoisotopic (exact) mass is 255 g/mol. The fourth-order valence-electron chi connectivity index (χ4n) is 1.07. The minimum atomic E-state index is -0.189. The predicted octanol–water partition coefficient (Wildman–Crippen LogP) is 3.21. The predicted molar refractivity (Wildman–Crippen MR) is 66.5 cm³/mol. The third kappa shape index (κ3) is 2.79. The zero-order valence-corrected chi connectivity index (χ0v) is 9.89. The van der Waals surface area contributed by atoms with Crippen molar-refractivity contribution in [1.82, 2.24) is 11.1 Å². The highest BCUT2D eigenvalue weighted by molar-refractivity contribution is 7.11. The Hall–Kier alpha value is -1.43. The number of thiazole rings is 1. The van der Waals surface area contributed by atoms with E-state index in [2.05, 4.69) is 10.3 Å². The van der Waals surface area contributed by atoms with Crippen LogP contribution in [-0.4, -0.2) is 10.9 Å². The maximum Gasteiger partial charge on any atom is 0.267 e. The van der Waals surface area contributed by atoms with Crippen LogP contribution in [0.4, 0.5) is 5.69 Å². The highest BCUT2D eigenvalue weighted by Gasteiger charge is 2.08. The summed E-state index contributed by atoms with van der Waals surface area (Å²) >= 11 is 7.19. The molecule has 0 aliphatic rings. The number of benzene rings is 1. The van der Waals surface area contributed by atoms with Crippen molar-refractivity contribution in [2.45, 2.75) is 0 Å². The van der Waals surface area contributed by atoms with Crippen LogP contribution in [0, 0.1) is 0 Å². The number of carbonyl (C=O) groups excluding carboxylic acids is 1. The summed E-state index contributed by atoms with van der Waals surface area (Å²) in [4.78, 5) is 16.0. The molecular formula is C10H10ClN3OS. The second-order valence-electron chi connectivity index (χ2n) is 2.80. The smallest absolute Gasteiger partial charge is 0.267 e. The van der Waals surface area contributed by atoms with Crippen molar-refractivity contribution in [1.29, 1.82) is 0 Å². The van der Waals surface area contributed by atoms with Gasteiger partial charge in [0.05, 0.1) is 22.4 Å². The molecule has 2 aromatic rings. The molecule has 1 aromatic carbocycles. The summed E-state index contributed by atoms with van der Waals surface area (Å²) in [5.74, 6) is -0.189. The highest BCUT2D eigenvalue weighted by atomic mass is 35.5. The number of hydrogen-bond donors (Lipinski definition) is 2. The Labute approximate surface area is 102 Å². The van der Waals surface area contributed by atoms with Gasteiger partial charge in [-0.3, -0.25) is 9.78 Å². The number of halogens is 1. The summed E-state index contributed by atoms with van der Waals surface area (Å²) in [5, 5.41) is 3.24. The summed E-state index contributed by atoms with van der Waals surface area (Å²) in [6.45, 7) is 0. The number of rotatable bonds is 2. The number of aromatic nitrogens is 1. The molecule has 0 unspecified atom stereocenters. The number of para-hydroxylation sites is 1. The van der Waals surface area contributed by atoms with Crippen LogP contribution in [0.25, 0.3) is 0 Å². The van der Waals surface area contributed by atoms with Crippen LogP contribution in [0.1, 0.15) is 9.67 Å². The van der Waals surface area contributed by atoms with Gasteiger partial charge < -0.3 is 11.5 Å². The lowest BCUT2D eigenvalue weighted by atomic mass is 10.3. The molecule has 0 radical (unpaired) electrons. The molecule has 0 aliphatic carbocycles. The minimum absolute atomic E-state index is 0. The molecule has 1 amide bonds. The summed E-state index contributed by atoms with van der Waals surface area (Å²) in [5.41, 5.74) is 2.22. The molecule has 0 bridgehead atoms. The minimum Gasteiger partial charge on any atom is -0.344 e. The van der Waals surface area contributed by atoms with Gasteiger partial charge in [0.15, 0.2) is 0 Å².